The first-order valence-corrected chi connectivity index (χ1v) is 12.3. The van der Waals surface area contributed by atoms with Crippen LogP contribution in [-0.2, 0) is 4.79 Å². The Morgan fingerprint density at radius 1 is 1.33 bits per heavy atom. The normalized spacial score (nSPS) is 18.7. The molecule has 192 valence electrons. The number of methoxy groups -OCH3 is 1. The first-order valence-electron chi connectivity index (χ1n) is 12.3. The summed E-state index contributed by atoms with van der Waals surface area (Å²) in [6.45, 7) is 10.7. The highest BCUT2D eigenvalue weighted by Crippen LogP contribution is 2.41. The average molecular weight is 494 g/mol. The van der Waals surface area contributed by atoms with E-state index in [0.29, 0.717) is 5.57 Å². The molecule has 2 aromatic rings. The number of rotatable bonds is 11. The van der Waals surface area contributed by atoms with Crippen LogP contribution in [0.25, 0.3) is 0 Å². The van der Waals surface area contributed by atoms with Crippen LogP contribution in [0.1, 0.15) is 63.1 Å². The fraction of sp³-hybridized carbons (Fsp3) is 0.367. The number of carboxylic acids is 1. The number of aliphatic carboxylic acids is 1. The van der Waals surface area contributed by atoms with E-state index in [1.807, 2.05) is 38.1 Å². The van der Waals surface area contributed by atoms with Gasteiger partial charge in [0.25, 0.3) is 0 Å². The smallest absolute Gasteiger partial charge is 0.335 e. The van der Waals surface area contributed by atoms with Gasteiger partial charge < -0.3 is 19.9 Å². The minimum atomic E-state index is -0.956. The summed E-state index contributed by atoms with van der Waals surface area (Å²) in [5.41, 5.74) is 3.74. The molecule has 0 unspecified atom stereocenters. The SMILES string of the molecule is C=C(/C=C(C(=O)O)\C(C)=C/C)[C@@H]1C[C@H](CCCN[C@H](C)c2ccc(F)c(OC)c2)Oc2ccccc21. The number of hydrogen-bond donors (Lipinski definition) is 2. The van der Waals surface area contributed by atoms with Crippen molar-refractivity contribution in [3.8, 4) is 11.5 Å². The zero-order chi connectivity index (χ0) is 26.2. The van der Waals surface area contributed by atoms with Gasteiger partial charge in [0.15, 0.2) is 11.6 Å². The Morgan fingerprint density at radius 3 is 2.78 bits per heavy atom. The van der Waals surface area contributed by atoms with Gasteiger partial charge >= 0.3 is 5.97 Å². The Labute approximate surface area is 213 Å². The number of allylic oxidation sites excluding steroid dienone is 3. The van der Waals surface area contributed by atoms with Crippen molar-refractivity contribution < 1.29 is 23.8 Å². The van der Waals surface area contributed by atoms with E-state index >= 15 is 0 Å². The number of ether oxygens (including phenoxy) is 2. The number of nitrogens with one attached hydrogen (secondary N) is 1. The van der Waals surface area contributed by atoms with Crippen molar-refractivity contribution in [1.29, 1.82) is 0 Å². The molecule has 3 rings (SSSR count). The molecule has 0 aliphatic carbocycles. The van der Waals surface area contributed by atoms with E-state index in [1.165, 1.54) is 13.2 Å². The Morgan fingerprint density at radius 2 is 2.08 bits per heavy atom. The predicted octanol–water partition coefficient (Wildman–Crippen LogP) is 6.73. The molecule has 1 aliphatic rings. The van der Waals surface area contributed by atoms with E-state index in [-0.39, 0.29) is 35.2 Å². The maximum absolute atomic E-state index is 13.7. The fourth-order valence-corrected chi connectivity index (χ4v) is 4.52. The molecule has 0 radical (unpaired) electrons. The van der Waals surface area contributed by atoms with Crippen LogP contribution in [0.4, 0.5) is 4.39 Å². The second-order valence-corrected chi connectivity index (χ2v) is 9.19. The van der Waals surface area contributed by atoms with Gasteiger partial charge in [0.05, 0.1) is 18.8 Å². The van der Waals surface area contributed by atoms with E-state index in [2.05, 4.69) is 11.9 Å². The van der Waals surface area contributed by atoms with Crippen molar-refractivity contribution in [3.05, 3.63) is 94.9 Å². The summed E-state index contributed by atoms with van der Waals surface area (Å²) in [6.07, 6.45) is 5.95. The summed E-state index contributed by atoms with van der Waals surface area (Å²) in [5.74, 6) is -0.273. The topological polar surface area (TPSA) is 67.8 Å². The molecule has 0 saturated heterocycles. The number of carbonyl (C=O) groups is 1. The van der Waals surface area contributed by atoms with E-state index in [4.69, 9.17) is 9.47 Å². The summed E-state index contributed by atoms with van der Waals surface area (Å²) >= 11 is 0. The van der Waals surface area contributed by atoms with Gasteiger partial charge in [0.1, 0.15) is 5.75 Å². The van der Waals surface area contributed by atoms with Crippen molar-refractivity contribution in [2.45, 2.75) is 58.1 Å². The molecule has 0 spiro atoms. The van der Waals surface area contributed by atoms with Crippen LogP contribution in [0.2, 0.25) is 0 Å². The maximum atomic E-state index is 13.7. The fourth-order valence-electron chi connectivity index (χ4n) is 4.52. The van der Waals surface area contributed by atoms with Crippen LogP contribution in [0.5, 0.6) is 11.5 Å². The molecule has 5 nitrogen and oxygen atoms in total. The van der Waals surface area contributed by atoms with Gasteiger partial charge in [-0.15, -0.1) is 0 Å². The highest BCUT2D eigenvalue weighted by Gasteiger charge is 2.29. The number of hydrogen-bond acceptors (Lipinski definition) is 4. The van der Waals surface area contributed by atoms with E-state index in [9.17, 15) is 14.3 Å². The lowest BCUT2D eigenvalue weighted by Gasteiger charge is -2.33. The Balaban J connectivity index is 1.65. The Bertz CT molecular complexity index is 1150. The van der Waals surface area contributed by atoms with Crippen molar-refractivity contribution >= 4 is 5.97 Å². The van der Waals surface area contributed by atoms with Crippen molar-refractivity contribution in [3.63, 3.8) is 0 Å². The molecular formula is C30H36FNO4. The van der Waals surface area contributed by atoms with Crippen molar-refractivity contribution in [1.82, 2.24) is 5.32 Å². The Hall–Kier alpha value is -3.38. The van der Waals surface area contributed by atoms with E-state index < -0.39 is 5.97 Å². The molecular weight excluding hydrogens is 457 g/mol. The minimum absolute atomic E-state index is 0.00540. The van der Waals surface area contributed by atoms with Gasteiger partial charge in [0, 0.05) is 17.5 Å². The number of para-hydroxylation sites is 1. The van der Waals surface area contributed by atoms with Crippen LogP contribution in [-0.4, -0.2) is 30.8 Å². The molecule has 3 atom stereocenters. The molecule has 0 aromatic heterocycles. The van der Waals surface area contributed by atoms with Crippen LogP contribution >= 0.6 is 0 Å². The van der Waals surface area contributed by atoms with E-state index in [1.54, 1.807) is 31.2 Å². The zero-order valence-electron chi connectivity index (χ0n) is 21.5. The summed E-state index contributed by atoms with van der Waals surface area (Å²) in [7, 11) is 1.46. The second-order valence-electron chi connectivity index (χ2n) is 9.19. The third-order valence-electron chi connectivity index (χ3n) is 6.78. The van der Waals surface area contributed by atoms with Gasteiger partial charge in [0.2, 0.25) is 0 Å². The van der Waals surface area contributed by atoms with Gasteiger partial charge in [-0.25, -0.2) is 9.18 Å². The summed E-state index contributed by atoms with van der Waals surface area (Å²) in [6, 6.07) is 12.9. The van der Waals surface area contributed by atoms with Crippen molar-refractivity contribution in [2.24, 2.45) is 0 Å². The van der Waals surface area contributed by atoms with Crippen LogP contribution < -0.4 is 14.8 Å². The summed E-state index contributed by atoms with van der Waals surface area (Å²) < 4.78 is 25.1. The quantitative estimate of drug-likeness (QED) is 0.206. The molecule has 0 amide bonds. The standard InChI is InChI=1S/C30H36FNO4/c1-6-19(2)26(30(33)34)16-20(3)25-18-23(36-28-12-8-7-11-24(25)28)10-9-15-32-21(4)22-13-14-27(31)29(17-22)35-5/h6-8,11-14,16-17,21,23,25,32H,3,9-10,15,18H2,1-2,4-5H3,(H,33,34)/b19-6-,26-16+/t21-,23+,25+/m1/s1. The molecule has 1 aliphatic heterocycles. The lowest BCUT2D eigenvalue weighted by Crippen LogP contribution is -2.28. The minimum Gasteiger partial charge on any atom is -0.494 e. The number of benzene rings is 2. The van der Waals surface area contributed by atoms with Crippen molar-refractivity contribution in [2.75, 3.05) is 13.7 Å². The van der Waals surface area contributed by atoms with Crippen LogP contribution in [0, 0.1) is 5.82 Å². The van der Waals surface area contributed by atoms with Crippen LogP contribution in [0.3, 0.4) is 0 Å². The molecule has 0 saturated carbocycles. The third kappa shape index (κ3) is 6.64. The van der Waals surface area contributed by atoms with Gasteiger partial charge in [-0.05, 0) is 87.6 Å². The number of fused-ring (bicyclic) bond motifs is 1. The predicted molar refractivity (Wildman–Crippen MR) is 141 cm³/mol. The zero-order valence-corrected chi connectivity index (χ0v) is 21.5. The van der Waals surface area contributed by atoms with Gasteiger partial charge in [-0.1, -0.05) is 36.9 Å². The highest BCUT2D eigenvalue weighted by atomic mass is 19.1. The average Bonchev–Trinajstić information content (AvgIpc) is 2.88. The lowest BCUT2D eigenvalue weighted by atomic mass is 9.82. The van der Waals surface area contributed by atoms with Gasteiger partial charge in [-0.3, -0.25) is 0 Å². The molecule has 2 N–H and O–H groups in total. The summed E-state index contributed by atoms with van der Waals surface area (Å²) in [4.78, 5) is 11.8. The molecule has 36 heavy (non-hydrogen) atoms. The van der Waals surface area contributed by atoms with E-state index in [0.717, 1.165) is 48.3 Å². The van der Waals surface area contributed by atoms with Crippen LogP contribution in [0.15, 0.2) is 77.9 Å². The largest absolute Gasteiger partial charge is 0.494 e. The molecule has 2 aromatic carbocycles. The molecule has 1 heterocycles. The first-order chi connectivity index (χ1) is 17.2. The number of halogens is 1. The molecule has 0 bridgehead atoms. The Kier molecular flexibility index (Phi) is 9.48. The third-order valence-corrected chi connectivity index (χ3v) is 6.78. The maximum Gasteiger partial charge on any atom is 0.335 e. The first kappa shape index (κ1) is 27.2. The number of carboxylic acid groups (broad SMARTS) is 1. The highest BCUT2D eigenvalue weighted by molar-refractivity contribution is 5.92. The second kappa shape index (κ2) is 12.5. The van der Waals surface area contributed by atoms with Gasteiger partial charge in [-0.2, -0.15) is 0 Å². The lowest BCUT2D eigenvalue weighted by molar-refractivity contribution is -0.132. The molecule has 6 heteroatoms. The molecule has 0 fully saturated rings. The monoisotopic (exact) mass is 493 g/mol. The summed E-state index contributed by atoms with van der Waals surface area (Å²) in [5, 5.41) is 13.2.